The summed E-state index contributed by atoms with van der Waals surface area (Å²) in [6, 6.07) is 0. The Morgan fingerprint density at radius 1 is 1.38 bits per heavy atom. The van der Waals surface area contributed by atoms with Crippen LogP contribution in [0.4, 0.5) is 5.82 Å². The van der Waals surface area contributed by atoms with E-state index in [9.17, 15) is 15.0 Å². The van der Waals surface area contributed by atoms with Gasteiger partial charge in [0.05, 0.1) is 11.0 Å². The van der Waals surface area contributed by atoms with Crippen molar-refractivity contribution in [2.75, 3.05) is 18.0 Å². The van der Waals surface area contributed by atoms with E-state index in [0.717, 1.165) is 16.8 Å². The Morgan fingerprint density at radius 3 is 2.67 bits per heavy atom. The molecule has 1 aliphatic rings. The van der Waals surface area contributed by atoms with Gasteiger partial charge >= 0.3 is 5.97 Å². The number of aromatic nitrogens is 2. The Balaban J connectivity index is 2.05. The molecule has 0 amide bonds. The van der Waals surface area contributed by atoms with E-state index < -0.39 is 11.6 Å². The molecule has 6 nitrogen and oxygen atoms in total. The molecule has 3 rings (SSSR count). The molecule has 1 fully saturated rings. The van der Waals surface area contributed by atoms with Crippen LogP contribution in [0.15, 0.2) is 6.33 Å². The van der Waals surface area contributed by atoms with E-state index in [2.05, 4.69) is 14.9 Å². The molecular formula is C14H17N3O3S. The molecule has 0 radical (unpaired) electrons. The van der Waals surface area contributed by atoms with E-state index in [1.165, 1.54) is 17.7 Å². The molecule has 2 N–H and O–H groups in total. The van der Waals surface area contributed by atoms with Crippen LogP contribution in [-0.2, 0) is 0 Å². The number of rotatable bonds is 2. The highest BCUT2D eigenvalue weighted by Crippen LogP contribution is 2.36. The Bertz CT molecular complexity index is 701. The SMILES string of the molecule is Cc1c(C(=O)O)sc2ncnc(N3CCC(C)(O)CC3)c12. The minimum absolute atomic E-state index is 0.316. The maximum Gasteiger partial charge on any atom is 0.346 e. The standard InChI is InChI=1S/C14H17N3O3S/c1-8-9-11(17-5-3-14(2,20)4-6-17)15-7-16-12(9)21-10(8)13(18)19/h7,20H,3-6H2,1-2H3,(H,18,19). The number of carbonyl (C=O) groups is 1. The largest absolute Gasteiger partial charge is 0.477 e. The number of aromatic carboxylic acids is 1. The molecule has 3 heterocycles. The second-order valence-electron chi connectivity index (χ2n) is 5.72. The topological polar surface area (TPSA) is 86.5 Å². The molecule has 7 heteroatoms. The van der Waals surface area contributed by atoms with Crippen LogP contribution < -0.4 is 4.90 Å². The van der Waals surface area contributed by atoms with Crippen molar-refractivity contribution in [1.29, 1.82) is 0 Å². The molecule has 0 unspecified atom stereocenters. The fraction of sp³-hybridized carbons (Fsp3) is 0.500. The average Bonchev–Trinajstić information content (AvgIpc) is 2.77. The number of aliphatic hydroxyl groups is 1. The first-order valence-corrected chi connectivity index (χ1v) is 7.65. The smallest absolute Gasteiger partial charge is 0.346 e. The summed E-state index contributed by atoms with van der Waals surface area (Å²) in [4.78, 5) is 23.0. The van der Waals surface area contributed by atoms with E-state index in [0.29, 0.717) is 35.6 Å². The Labute approximate surface area is 126 Å². The monoisotopic (exact) mass is 307 g/mol. The highest BCUT2D eigenvalue weighted by atomic mass is 32.1. The van der Waals surface area contributed by atoms with Crippen molar-refractivity contribution in [2.45, 2.75) is 32.3 Å². The first kappa shape index (κ1) is 14.2. The number of hydrogen-bond donors (Lipinski definition) is 2. The van der Waals surface area contributed by atoms with Crippen LogP contribution >= 0.6 is 11.3 Å². The number of piperidine rings is 1. The van der Waals surface area contributed by atoms with Gasteiger partial charge in [0.1, 0.15) is 21.9 Å². The quantitative estimate of drug-likeness (QED) is 0.883. The van der Waals surface area contributed by atoms with Gasteiger partial charge < -0.3 is 15.1 Å². The molecule has 21 heavy (non-hydrogen) atoms. The lowest BCUT2D eigenvalue weighted by Gasteiger charge is -2.36. The average molecular weight is 307 g/mol. The zero-order valence-electron chi connectivity index (χ0n) is 12.0. The predicted molar refractivity (Wildman–Crippen MR) is 81.2 cm³/mol. The number of fused-ring (bicyclic) bond motifs is 1. The van der Waals surface area contributed by atoms with Crippen LogP contribution in [0.25, 0.3) is 10.2 Å². The van der Waals surface area contributed by atoms with Crippen LogP contribution in [0.1, 0.15) is 35.0 Å². The van der Waals surface area contributed by atoms with Crippen molar-refractivity contribution in [3.05, 3.63) is 16.8 Å². The van der Waals surface area contributed by atoms with Gasteiger partial charge in [-0.25, -0.2) is 14.8 Å². The first-order valence-electron chi connectivity index (χ1n) is 6.84. The van der Waals surface area contributed by atoms with Gasteiger partial charge in [0, 0.05) is 13.1 Å². The number of aryl methyl sites for hydroxylation is 1. The summed E-state index contributed by atoms with van der Waals surface area (Å²) in [5, 5.41) is 20.1. The maximum absolute atomic E-state index is 11.3. The van der Waals surface area contributed by atoms with Crippen molar-refractivity contribution < 1.29 is 15.0 Å². The number of carboxylic acids is 1. The number of nitrogens with zero attached hydrogens (tertiary/aromatic N) is 3. The predicted octanol–water partition coefficient (Wildman–Crippen LogP) is 2.05. The lowest BCUT2D eigenvalue weighted by molar-refractivity contribution is 0.0350. The van der Waals surface area contributed by atoms with E-state index >= 15 is 0 Å². The molecule has 0 saturated carbocycles. The van der Waals surface area contributed by atoms with Gasteiger partial charge in [-0.05, 0) is 32.3 Å². The van der Waals surface area contributed by atoms with Crippen molar-refractivity contribution in [3.63, 3.8) is 0 Å². The molecule has 2 aromatic heterocycles. The third-order valence-corrected chi connectivity index (χ3v) is 5.23. The Hall–Kier alpha value is -1.73. The van der Waals surface area contributed by atoms with E-state index in [4.69, 9.17) is 0 Å². The minimum Gasteiger partial charge on any atom is -0.477 e. The molecular weight excluding hydrogens is 290 g/mol. The van der Waals surface area contributed by atoms with Crippen LogP contribution in [0.2, 0.25) is 0 Å². The Kier molecular flexibility index (Phi) is 3.33. The summed E-state index contributed by atoms with van der Waals surface area (Å²) in [7, 11) is 0. The molecule has 1 aliphatic heterocycles. The fourth-order valence-corrected chi connectivity index (χ4v) is 3.68. The maximum atomic E-state index is 11.3. The van der Waals surface area contributed by atoms with Crippen molar-refractivity contribution in [2.24, 2.45) is 0 Å². The number of thiophene rings is 1. The molecule has 2 aromatic rings. The third-order valence-electron chi connectivity index (χ3n) is 4.04. The molecule has 112 valence electrons. The second kappa shape index (κ2) is 4.92. The third kappa shape index (κ3) is 2.47. The Morgan fingerprint density at radius 2 is 2.05 bits per heavy atom. The van der Waals surface area contributed by atoms with Crippen LogP contribution in [0, 0.1) is 6.92 Å². The van der Waals surface area contributed by atoms with Gasteiger partial charge in [-0.2, -0.15) is 0 Å². The molecule has 0 aromatic carbocycles. The first-order chi connectivity index (χ1) is 9.89. The highest BCUT2D eigenvalue weighted by Gasteiger charge is 2.29. The van der Waals surface area contributed by atoms with Gasteiger partial charge in [0.2, 0.25) is 0 Å². The summed E-state index contributed by atoms with van der Waals surface area (Å²) in [5.74, 6) is -0.153. The fourth-order valence-electron chi connectivity index (χ4n) is 2.70. The van der Waals surface area contributed by atoms with E-state index in [1.807, 2.05) is 6.92 Å². The zero-order chi connectivity index (χ0) is 15.2. The highest BCUT2D eigenvalue weighted by molar-refractivity contribution is 7.20. The van der Waals surface area contributed by atoms with Gasteiger partial charge in [0.15, 0.2) is 0 Å². The molecule has 0 bridgehead atoms. The van der Waals surface area contributed by atoms with Crippen molar-refractivity contribution >= 4 is 33.3 Å². The van der Waals surface area contributed by atoms with Crippen molar-refractivity contribution in [1.82, 2.24) is 9.97 Å². The summed E-state index contributed by atoms with van der Waals surface area (Å²) in [6.07, 6.45) is 2.83. The van der Waals surface area contributed by atoms with E-state index in [1.54, 1.807) is 6.92 Å². The number of hydrogen-bond acceptors (Lipinski definition) is 6. The normalized spacial score (nSPS) is 18.1. The molecule has 1 saturated heterocycles. The summed E-state index contributed by atoms with van der Waals surface area (Å²) < 4.78 is 0. The van der Waals surface area contributed by atoms with Crippen molar-refractivity contribution in [3.8, 4) is 0 Å². The van der Waals surface area contributed by atoms with Crippen LogP contribution in [-0.4, -0.2) is 44.8 Å². The molecule has 0 atom stereocenters. The van der Waals surface area contributed by atoms with E-state index in [-0.39, 0.29) is 0 Å². The summed E-state index contributed by atoms with van der Waals surface area (Å²) in [5.41, 5.74) is 0.0916. The van der Waals surface area contributed by atoms with Gasteiger partial charge in [-0.1, -0.05) is 0 Å². The number of anilines is 1. The van der Waals surface area contributed by atoms with Gasteiger partial charge in [-0.3, -0.25) is 0 Å². The van der Waals surface area contributed by atoms with Gasteiger partial charge in [0.25, 0.3) is 0 Å². The lowest BCUT2D eigenvalue weighted by atomic mass is 9.94. The zero-order valence-corrected chi connectivity index (χ0v) is 12.8. The molecule has 0 spiro atoms. The minimum atomic E-state index is -0.928. The second-order valence-corrected chi connectivity index (χ2v) is 6.72. The number of carboxylic acid groups (broad SMARTS) is 1. The summed E-state index contributed by atoms with van der Waals surface area (Å²) in [6.45, 7) is 5.06. The van der Waals surface area contributed by atoms with Crippen LogP contribution in [0.5, 0.6) is 0 Å². The van der Waals surface area contributed by atoms with Crippen LogP contribution in [0.3, 0.4) is 0 Å². The molecule has 0 aliphatic carbocycles. The summed E-state index contributed by atoms with van der Waals surface area (Å²) >= 11 is 1.18. The lowest BCUT2D eigenvalue weighted by Crippen LogP contribution is -2.42. The van der Waals surface area contributed by atoms with Gasteiger partial charge in [-0.15, -0.1) is 11.3 Å².